The van der Waals surface area contributed by atoms with Gasteiger partial charge in [-0.25, -0.2) is 9.78 Å². The molecule has 1 heterocycles. The summed E-state index contributed by atoms with van der Waals surface area (Å²) in [6.07, 6.45) is 2.71. The van der Waals surface area contributed by atoms with E-state index in [0.717, 1.165) is 0 Å². The largest absolute Gasteiger partial charge is 0.395 e. The smallest absolute Gasteiger partial charge is 0.347 e. The fourth-order valence-electron chi connectivity index (χ4n) is 0.696. The summed E-state index contributed by atoms with van der Waals surface area (Å²) in [6.45, 7) is 0.133. The Hall–Kier alpha value is -0.870. The summed E-state index contributed by atoms with van der Waals surface area (Å²) in [4.78, 5) is 14.3. The van der Waals surface area contributed by atoms with Crippen LogP contribution in [0.4, 0.5) is 0 Å². The lowest BCUT2D eigenvalue weighted by Gasteiger charge is -2.00. The van der Waals surface area contributed by atoms with Gasteiger partial charge in [-0.15, -0.1) is 0 Å². The second-order valence-corrected chi connectivity index (χ2v) is 2.41. The molecule has 0 radical (unpaired) electrons. The number of hydrogen-bond donors (Lipinski definition) is 1. The quantitative estimate of drug-likeness (QED) is 0.681. The molecular weight excluding hydrogens is 168 g/mol. The molecule has 0 aliphatic heterocycles. The Morgan fingerprint density at radius 2 is 2.45 bits per heavy atom. The number of nitrogens with zero attached hydrogens (tertiary/aromatic N) is 2. The zero-order chi connectivity index (χ0) is 8.27. The van der Waals surface area contributed by atoms with E-state index in [4.69, 9.17) is 16.7 Å². The van der Waals surface area contributed by atoms with Crippen molar-refractivity contribution in [3.8, 4) is 0 Å². The SMILES string of the molecule is O=c1ncc(Cl)cn1CCO. The summed E-state index contributed by atoms with van der Waals surface area (Å²) in [5, 5.41) is 8.89. The Kier molecular flexibility index (Phi) is 2.62. The molecule has 60 valence electrons. The van der Waals surface area contributed by atoms with Crippen molar-refractivity contribution in [1.82, 2.24) is 9.55 Å². The maximum absolute atomic E-state index is 10.8. The highest BCUT2D eigenvalue weighted by Gasteiger charge is 1.95. The summed E-state index contributed by atoms with van der Waals surface area (Å²) < 4.78 is 1.25. The molecule has 0 saturated heterocycles. The van der Waals surface area contributed by atoms with Gasteiger partial charge in [0.15, 0.2) is 0 Å². The Labute approximate surface area is 68.1 Å². The van der Waals surface area contributed by atoms with Crippen LogP contribution in [-0.4, -0.2) is 21.3 Å². The molecule has 0 amide bonds. The molecule has 11 heavy (non-hydrogen) atoms. The average Bonchev–Trinajstić information content (AvgIpc) is 1.98. The third-order valence-corrected chi connectivity index (χ3v) is 1.36. The molecule has 0 fully saturated rings. The zero-order valence-electron chi connectivity index (χ0n) is 5.70. The predicted octanol–water partition coefficient (Wildman–Crippen LogP) is -0.111. The number of aliphatic hydroxyl groups is 1. The van der Waals surface area contributed by atoms with E-state index in [-0.39, 0.29) is 13.2 Å². The van der Waals surface area contributed by atoms with E-state index in [9.17, 15) is 4.79 Å². The topological polar surface area (TPSA) is 55.1 Å². The third kappa shape index (κ3) is 2.03. The molecule has 0 unspecified atom stereocenters. The van der Waals surface area contributed by atoms with E-state index < -0.39 is 5.69 Å². The van der Waals surface area contributed by atoms with Crippen LogP contribution < -0.4 is 5.69 Å². The van der Waals surface area contributed by atoms with Crippen molar-refractivity contribution >= 4 is 11.6 Å². The van der Waals surface area contributed by atoms with Crippen molar-refractivity contribution in [2.24, 2.45) is 0 Å². The molecule has 0 aromatic carbocycles. The van der Waals surface area contributed by atoms with Crippen LogP contribution in [0.15, 0.2) is 17.2 Å². The number of halogens is 1. The number of hydrogen-bond acceptors (Lipinski definition) is 3. The Morgan fingerprint density at radius 1 is 1.73 bits per heavy atom. The highest BCUT2D eigenvalue weighted by atomic mass is 35.5. The van der Waals surface area contributed by atoms with Gasteiger partial charge in [0.2, 0.25) is 0 Å². The maximum Gasteiger partial charge on any atom is 0.347 e. The van der Waals surface area contributed by atoms with Gasteiger partial charge in [-0.05, 0) is 0 Å². The molecule has 1 aromatic heterocycles. The minimum Gasteiger partial charge on any atom is -0.395 e. The Morgan fingerprint density at radius 3 is 3.09 bits per heavy atom. The van der Waals surface area contributed by atoms with Crippen LogP contribution in [0, 0.1) is 0 Å². The first-order valence-corrected chi connectivity index (χ1v) is 3.44. The molecule has 1 N–H and O–H groups in total. The lowest BCUT2D eigenvalue weighted by atomic mass is 10.6. The van der Waals surface area contributed by atoms with Crippen molar-refractivity contribution < 1.29 is 5.11 Å². The van der Waals surface area contributed by atoms with Crippen molar-refractivity contribution in [1.29, 1.82) is 0 Å². The number of aromatic nitrogens is 2. The van der Waals surface area contributed by atoms with Crippen molar-refractivity contribution in [2.45, 2.75) is 6.54 Å². The third-order valence-electron chi connectivity index (χ3n) is 1.16. The molecule has 0 spiro atoms. The predicted molar refractivity (Wildman–Crippen MR) is 40.6 cm³/mol. The fraction of sp³-hybridized carbons (Fsp3) is 0.333. The van der Waals surface area contributed by atoms with Gasteiger partial charge in [0.1, 0.15) is 0 Å². The van der Waals surface area contributed by atoms with E-state index in [2.05, 4.69) is 4.98 Å². The van der Waals surface area contributed by atoms with Crippen LogP contribution in [0.5, 0.6) is 0 Å². The first-order chi connectivity index (χ1) is 5.24. The van der Waals surface area contributed by atoms with E-state index >= 15 is 0 Å². The average molecular weight is 175 g/mol. The molecule has 0 aliphatic carbocycles. The monoisotopic (exact) mass is 174 g/mol. The molecule has 5 heteroatoms. The van der Waals surface area contributed by atoms with Crippen molar-refractivity contribution in [2.75, 3.05) is 6.61 Å². The van der Waals surface area contributed by atoms with E-state index in [0.29, 0.717) is 5.02 Å². The lowest BCUT2D eigenvalue weighted by Crippen LogP contribution is -2.23. The molecule has 0 saturated carbocycles. The van der Waals surface area contributed by atoms with E-state index in [1.54, 1.807) is 0 Å². The maximum atomic E-state index is 10.8. The summed E-state index contributed by atoms with van der Waals surface area (Å²) in [7, 11) is 0. The van der Waals surface area contributed by atoms with Gasteiger partial charge in [0.05, 0.1) is 24.4 Å². The van der Waals surface area contributed by atoms with Gasteiger partial charge in [-0.1, -0.05) is 11.6 Å². The van der Waals surface area contributed by atoms with Gasteiger partial charge >= 0.3 is 5.69 Å². The normalized spacial score (nSPS) is 10.0. The Balaban J connectivity index is 3.03. The van der Waals surface area contributed by atoms with Gasteiger partial charge < -0.3 is 5.11 Å². The summed E-state index contributed by atoms with van der Waals surface area (Å²) >= 11 is 5.55. The minimum absolute atomic E-state index is 0.0953. The Bertz CT molecular complexity index is 297. The summed E-state index contributed by atoms with van der Waals surface area (Å²) in [5.74, 6) is 0. The lowest BCUT2D eigenvalue weighted by molar-refractivity contribution is 0.273. The van der Waals surface area contributed by atoms with Crippen LogP contribution in [0.1, 0.15) is 0 Å². The van der Waals surface area contributed by atoms with Crippen molar-refractivity contribution in [3.63, 3.8) is 0 Å². The molecule has 4 nitrogen and oxygen atoms in total. The van der Waals surface area contributed by atoms with E-state index in [1.807, 2.05) is 0 Å². The molecule has 1 rings (SSSR count). The first-order valence-electron chi connectivity index (χ1n) is 3.07. The molecule has 0 bridgehead atoms. The highest BCUT2D eigenvalue weighted by molar-refractivity contribution is 6.30. The molecule has 0 atom stereocenters. The van der Waals surface area contributed by atoms with E-state index in [1.165, 1.54) is 17.0 Å². The van der Waals surface area contributed by atoms with Crippen LogP contribution in [0.3, 0.4) is 0 Å². The second kappa shape index (κ2) is 3.50. The fourth-order valence-corrected chi connectivity index (χ4v) is 0.863. The standard InChI is InChI=1S/C6H7ClN2O2/c7-5-3-8-6(11)9(4-5)1-2-10/h3-4,10H,1-2H2. The van der Waals surface area contributed by atoms with Crippen LogP contribution in [0.25, 0.3) is 0 Å². The number of rotatable bonds is 2. The van der Waals surface area contributed by atoms with Crippen LogP contribution >= 0.6 is 11.6 Å². The van der Waals surface area contributed by atoms with Gasteiger partial charge in [-0.2, -0.15) is 0 Å². The van der Waals surface area contributed by atoms with Gasteiger partial charge in [0.25, 0.3) is 0 Å². The highest BCUT2D eigenvalue weighted by Crippen LogP contribution is 2.00. The number of aliphatic hydroxyl groups excluding tert-OH is 1. The van der Waals surface area contributed by atoms with Crippen LogP contribution in [0.2, 0.25) is 5.02 Å². The van der Waals surface area contributed by atoms with Crippen LogP contribution in [-0.2, 0) is 6.54 Å². The first kappa shape index (κ1) is 8.23. The second-order valence-electron chi connectivity index (χ2n) is 1.97. The van der Waals surface area contributed by atoms with Crippen molar-refractivity contribution in [3.05, 3.63) is 27.9 Å². The molecule has 0 aliphatic rings. The summed E-state index contributed by atoms with van der Waals surface area (Å²) in [6, 6.07) is 0. The minimum atomic E-state index is -0.400. The molecule has 1 aromatic rings. The molecular formula is C6H7ClN2O2. The van der Waals surface area contributed by atoms with Gasteiger partial charge in [-0.3, -0.25) is 4.57 Å². The zero-order valence-corrected chi connectivity index (χ0v) is 6.45. The van der Waals surface area contributed by atoms with Gasteiger partial charge in [0, 0.05) is 6.20 Å². The summed E-state index contributed by atoms with van der Waals surface area (Å²) in [5.41, 5.74) is -0.400.